The van der Waals surface area contributed by atoms with Gasteiger partial charge in [0, 0.05) is 0 Å². The first-order valence-corrected chi connectivity index (χ1v) is 12.1. The summed E-state index contributed by atoms with van der Waals surface area (Å²) in [7, 11) is -3.86. The Labute approximate surface area is 156 Å². The van der Waals surface area contributed by atoms with Gasteiger partial charge in [-0.25, -0.2) is 0 Å². The fourth-order valence-corrected chi connectivity index (χ4v) is 4.31. The molecule has 5 heteroatoms. The Morgan fingerprint density at radius 1 is 0.680 bits per heavy atom. The van der Waals surface area contributed by atoms with Crippen molar-refractivity contribution >= 4 is 10.1 Å². The van der Waals surface area contributed by atoms with E-state index in [0.29, 0.717) is 12.8 Å². The Morgan fingerprint density at radius 2 is 1.08 bits per heavy atom. The molecule has 0 aliphatic heterocycles. The van der Waals surface area contributed by atoms with E-state index in [9.17, 15) is 18.1 Å². The van der Waals surface area contributed by atoms with Crippen molar-refractivity contribution in [2.24, 2.45) is 0 Å². The number of hydrogen-bond acceptors (Lipinski definition) is 3. The lowest BCUT2D eigenvalue weighted by Crippen LogP contribution is -2.20. The smallest absolute Gasteiger partial charge is 0.267 e. The third-order valence-electron chi connectivity index (χ3n) is 5.07. The molecule has 152 valence electrons. The summed E-state index contributed by atoms with van der Waals surface area (Å²) in [5, 5.41) is 8.91. The Kier molecular flexibility index (Phi) is 16.0. The molecule has 0 amide bonds. The summed E-state index contributed by atoms with van der Waals surface area (Å²) in [6.45, 7) is 3.98. The molecule has 2 unspecified atom stereocenters. The first kappa shape index (κ1) is 24.9. The van der Waals surface area contributed by atoms with Gasteiger partial charge in [-0.2, -0.15) is 8.42 Å². The van der Waals surface area contributed by atoms with Crippen LogP contribution in [0.5, 0.6) is 0 Å². The first-order valence-electron chi connectivity index (χ1n) is 10.6. The summed E-state index contributed by atoms with van der Waals surface area (Å²) in [5.74, 6) is 0. The zero-order valence-electron chi connectivity index (χ0n) is 16.6. The molecule has 25 heavy (non-hydrogen) atoms. The van der Waals surface area contributed by atoms with Crippen LogP contribution in [0, 0.1) is 0 Å². The normalized spacial score (nSPS) is 14.6. The average Bonchev–Trinajstić information content (AvgIpc) is 2.56. The fraction of sp³-hybridized carbons (Fsp3) is 1.00. The molecule has 2 atom stereocenters. The predicted molar refractivity (Wildman–Crippen MR) is 107 cm³/mol. The molecular weight excluding hydrogens is 336 g/mol. The topological polar surface area (TPSA) is 74.6 Å². The molecule has 0 saturated carbocycles. The van der Waals surface area contributed by atoms with Gasteiger partial charge in [0.2, 0.25) is 0 Å². The number of aliphatic hydroxyl groups excluding tert-OH is 1. The molecule has 0 heterocycles. The SMILES string of the molecule is CCCC(CCCCCCCCCCCCCC(O)CC)S(=O)(=O)O. The third kappa shape index (κ3) is 15.8. The highest BCUT2D eigenvalue weighted by molar-refractivity contribution is 7.86. The zero-order chi connectivity index (χ0) is 19.0. The number of hydrogen-bond donors (Lipinski definition) is 2. The lowest BCUT2D eigenvalue weighted by Gasteiger charge is -2.12. The number of rotatable bonds is 18. The Hall–Kier alpha value is -0.130. The molecule has 0 bridgehead atoms. The molecule has 0 aromatic rings. The molecule has 0 aliphatic carbocycles. The van der Waals surface area contributed by atoms with Crippen molar-refractivity contribution in [3.8, 4) is 0 Å². The maximum absolute atomic E-state index is 11.2. The highest BCUT2D eigenvalue weighted by Crippen LogP contribution is 2.17. The van der Waals surface area contributed by atoms with E-state index in [-0.39, 0.29) is 6.10 Å². The minimum Gasteiger partial charge on any atom is -0.393 e. The summed E-state index contributed by atoms with van der Waals surface area (Å²) in [6, 6.07) is 0. The van der Waals surface area contributed by atoms with E-state index in [1.807, 2.05) is 13.8 Å². The van der Waals surface area contributed by atoms with E-state index >= 15 is 0 Å². The van der Waals surface area contributed by atoms with E-state index in [1.54, 1.807) is 0 Å². The second kappa shape index (κ2) is 16.1. The Balaban J connectivity index is 3.36. The molecule has 0 spiro atoms. The predicted octanol–water partition coefficient (Wildman–Crippen LogP) is 5.89. The first-order chi connectivity index (χ1) is 11.9. The molecule has 2 N–H and O–H groups in total. The van der Waals surface area contributed by atoms with Gasteiger partial charge in [0.1, 0.15) is 0 Å². The second-order valence-electron chi connectivity index (χ2n) is 7.45. The van der Waals surface area contributed by atoms with Crippen molar-refractivity contribution in [1.82, 2.24) is 0 Å². The summed E-state index contributed by atoms with van der Waals surface area (Å²) < 4.78 is 31.7. The minimum atomic E-state index is -3.86. The van der Waals surface area contributed by atoms with Crippen molar-refractivity contribution in [2.45, 2.75) is 128 Å². The van der Waals surface area contributed by atoms with Gasteiger partial charge >= 0.3 is 0 Å². The fourth-order valence-electron chi connectivity index (χ4n) is 3.31. The zero-order valence-corrected chi connectivity index (χ0v) is 17.4. The van der Waals surface area contributed by atoms with Gasteiger partial charge in [-0.1, -0.05) is 90.9 Å². The lowest BCUT2D eigenvalue weighted by atomic mass is 10.0. The van der Waals surface area contributed by atoms with Gasteiger partial charge in [-0.3, -0.25) is 4.55 Å². The van der Waals surface area contributed by atoms with Gasteiger partial charge in [0.25, 0.3) is 10.1 Å². The van der Waals surface area contributed by atoms with Crippen molar-refractivity contribution in [1.29, 1.82) is 0 Å². The quantitative estimate of drug-likeness (QED) is 0.230. The van der Waals surface area contributed by atoms with Crippen molar-refractivity contribution < 1.29 is 18.1 Å². The summed E-state index contributed by atoms with van der Waals surface area (Å²) in [4.78, 5) is 0. The van der Waals surface area contributed by atoms with Crippen LogP contribution in [-0.4, -0.2) is 29.4 Å². The summed E-state index contributed by atoms with van der Waals surface area (Å²) >= 11 is 0. The summed E-state index contributed by atoms with van der Waals surface area (Å²) in [5.41, 5.74) is 0. The molecule has 0 aromatic heterocycles. The van der Waals surface area contributed by atoms with Crippen LogP contribution in [-0.2, 0) is 10.1 Å². The van der Waals surface area contributed by atoms with Crippen molar-refractivity contribution in [3.05, 3.63) is 0 Å². The van der Waals surface area contributed by atoms with Crippen LogP contribution in [0.2, 0.25) is 0 Å². The molecule has 0 saturated heterocycles. The largest absolute Gasteiger partial charge is 0.393 e. The van der Waals surface area contributed by atoms with Crippen LogP contribution in [0.25, 0.3) is 0 Å². The van der Waals surface area contributed by atoms with E-state index in [2.05, 4.69) is 0 Å². The molecule has 0 radical (unpaired) electrons. The van der Waals surface area contributed by atoms with Gasteiger partial charge in [-0.15, -0.1) is 0 Å². The van der Waals surface area contributed by atoms with Crippen LogP contribution in [0.1, 0.15) is 117 Å². The van der Waals surface area contributed by atoms with Crippen LogP contribution in [0.15, 0.2) is 0 Å². The standard InChI is InChI=1S/C20H42O4S/c1-3-16-20(25(22,23)24)18-15-13-11-9-7-5-6-8-10-12-14-17-19(21)4-2/h19-21H,3-18H2,1-2H3,(H,22,23,24). The lowest BCUT2D eigenvalue weighted by molar-refractivity contribution is 0.156. The average molecular weight is 379 g/mol. The molecule has 0 aromatic carbocycles. The second-order valence-corrected chi connectivity index (χ2v) is 9.15. The van der Waals surface area contributed by atoms with Gasteiger partial charge in [0.15, 0.2) is 0 Å². The van der Waals surface area contributed by atoms with Gasteiger partial charge in [-0.05, 0) is 25.7 Å². The highest BCUT2D eigenvalue weighted by atomic mass is 32.2. The molecular formula is C20H42O4S. The van der Waals surface area contributed by atoms with E-state index in [1.165, 1.54) is 51.4 Å². The van der Waals surface area contributed by atoms with Crippen molar-refractivity contribution in [3.63, 3.8) is 0 Å². The monoisotopic (exact) mass is 378 g/mol. The number of aliphatic hydroxyl groups is 1. The Bertz CT molecular complexity index is 381. The van der Waals surface area contributed by atoms with Crippen LogP contribution >= 0.6 is 0 Å². The van der Waals surface area contributed by atoms with Gasteiger partial charge in [0.05, 0.1) is 11.4 Å². The molecule has 4 nitrogen and oxygen atoms in total. The minimum absolute atomic E-state index is 0.102. The van der Waals surface area contributed by atoms with Crippen LogP contribution in [0.3, 0.4) is 0 Å². The van der Waals surface area contributed by atoms with E-state index in [0.717, 1.165) is 38.5 Å². The van der Waals surface area contributed by atoms with Crippen LogP contribution < -0.4 is 0 Å². The van der Waals surface area contributed by atoms with E-state index in [4.69, 9.17) is 0 Å². The maximum Gasteiger partial charge on any atom is 0.267 e. The highest BCUT2D eigenvalue weighted by Gasteiger charge is 2.20. The van der Waals surface area contributed by atoms with Crippen molar-refractivity contribution in [2.75, 3.05) is 0 Å². The van der Waals surface area contributed by atoms with Gasteiger partial charge < -0.3 is 5.11 Å². The molecule has 0 aliphatic rings. The molecule has 0 fully saturated rings. The van der Waals surface area contributed by atoms with Crippen LogP contribution in [0.4, 0.5) is 0 Å². The Morgan fingerprint density at radius 3 is 1.44 bits per heavy atom. The van der Waals surface area contributed by atoms with E-state index < -0.39 is 15.4 Å². The molecule has 0 rings (SSSR count). The summed E-state index contributed by atoms with van der Waals surface area (Å²) in [6.07, 6.45) is 16.9. The third-order valence-corrected chi connectivity index (χ3v) is 6.38. The number of unbranched alkanes of at least 4 members (excludes halogenated alkanes) is 10. The maximum atomic E-state index is 11.2.